The van der Waals surface area contributed by atoms with E-state index in [-0.39, 0.29) is 0 Å². The molecule has 1 saturated carbocycles. The third kappa shape index (κ3) is 2.16. The van der Waals surface area contributed by atoms with Crippen LogP contribution in [0.25, 0.3) is 0 Å². The predicted octanol–water partition coefficient (Wildman–Crippen LogP) is 0.840. The van der Waals surface area contributed by atoms with Gasteiger partial charge in [0.15, 0.2) is 5.69 Å². The standard InChI is InChI=1S/C10H15N5/c11-5-8-2-1-3-10(4-8)15-7-9(6-12)13-14-15/h7-8,10H,1-5,11H2. The Labute approximate surface area is 88.9 Å². The molecule has 1 fully saturated rings. The maximum atomic E-state index is 8.66. The molecule has 1 aliphatic rings. The van der Waals surface area contributed by atoms with Crippen LogP contribution in [0.1, 0.15) is 37.4 Å². The molecule has 5 heteroatoms. The molecule has 1 aromatic rings. The summed E-state index contributed by atoms with van der Waals surface area (Å²) in [5.74, 6) is 0.596. The predicted molar refractivity (Wildman–Crippen MR) is 54.8 cm³/mol. The molecule has 2 N–H and O–H groups in total. The Morgan fingerprint density at radius 2 is 2.47 bits per heavy atom. The molecule has 2 unspecified atom stereocenters. The summed E-state index contributed by atoms with van der Waals surface area (Å²) in [4.78, 5) is 0. The molecule has 1 aromatic heterocycles. The molecule has 2 atom stereocenters. The molecule has 2 rings (SSSR count). The van der Waals surface area contributed by atoms with E-state index < -0.39 is 0 Å². The molecule has 0 aliphatic heterocycles. The van der Waals surface area contributed by atoms with E-state index in [1.54, 1.807) is 6.20 Å². The molecule has 1 aliphatic carbocycles. The van der Waals surface area contributed by atoms with Crippen LogP contribution in [0.15, 0.2) is 6.20 Å². The lowest BCUT2D eigenvalue weighted by atomic mass is 9.86. The third-order valence-corrected chi connectivity index (χ3v) is 3.09. The van der Waals surface area contributed by atoms with Crippen LogP contribution in [0.5, 0.6) is 0 Å². The van der Waals surface area contributed by atoms with Gasteiger partial charge in [-0.3, -0.25) is 0 Å². The van der Waals surface area contributed by atoms with E-state index in [9.17, 15) is 0 Å². The number of hydrogen-bond acceptors (Lipinski definition) is 4. The Balaban J connectivity index is 2.07. The minimum atomic E-state index is 0.377. The van der Waals surface area contributed by atoms with Crippen LogP contribution in [0, 0.1) is 17.2 Å². The lowest BCUT2D eigenvalue weighted by molar-refractivity contribution is 0.254. The number of nitrogens with zero attached hydrogens (tertiary/aromatic N) is 4. The highest BCUT2D eigenvalue weighted by Gasteiger charge is 2.23. The molecule has 15 heavy (non-hydrogen) atoms. The highest BCUT2D eigenvalue weighted by Crippen LogP contribution is 2.31. The number of nitrogens with two attached hydrogens (primary N) is 1. The van der Waals surface area contributed by atoms with Gasteiger partial charge in [-0.1, -0.05) is 11.6 Å². The van der Waals surface area contributed by atoms with Crippen LogP contribution in [0.4, 0.5) is 0 Å². The molecule has 0 aromatic carbocycles. The molecule has 0 amide bonds. The average molecular weight is 205 g/mol. The maximum absolute atomic E-state index is 8.66. The van der Waals surface area contributed by atoms with Crippen molar-refractivity contribution in [2.75, 3.05) is 6.54 Å². The summed E-state index contributed by atoms with van der Waals surface area (Å²) in [5.41, 5.74) is 6.07. The topological polar surface area (TPSA) is 80.5 Å². The van der Waals surface area contributed by atoms with Gasteiger partial charge in [-0.25, -0.2) is 4.68 Å². The Bertz CT molecular complexity index is 364. The van der Waals surface area contributed by atoms with Crippen molar-refractivity contribution in [2.45, 2.75) is 31.7 Å². The highest BCUT2D eigenvalue weighted by atomic mass is 15.4. The normalized spacial score (nSPS) is 26.1. The van der Waals surface area contributed by atoms with E-state index in [1.165, 1.54) is 12.8 Å². The molecule has 80 valence electrons. The lowest BCUT2D eigenvalue weighted by Gasteiger charge is -2.27. The van der Waals surface area contributed by atoms with E-state index in [0.29, 0.717) is 17.7 Å². The zero-order valence-corrected chi connectivity index (χ0v) is 8.63. The first kappa shape index (κ1) is 10.1. The first-order valence-electron chi connectivity index (χ1n) is 5.35. The van der Waals surface area contributed by atoms with Crippen LogP contribution < -0.4 is 5.73 Å². The summed E-state index contributed by atoms with van der Waals surface area (Å²) in [6.07, 6.45) is 6.31. The Kier molecular flexibility index (Phi) is 2.97. The van der Waals surface area contributed by atoms with Gasteiger partial charge < -0.3 is 5.73 Å². The van der Waals surface area contributed by atoms with Crippen molar-refractivity contribution in [1.82, 2.24) is 15.0 Å². The van der Waals surface area contributed by atoms with Gasteiger partial charge in [0.05, 0.1) is 12.2 Å². The molecular formula is C10H15N5. The summed E-state index contributed by atoms with van der Waals surface area (Å²) in [6.45, 7) is 0.746. The van der Waals surface area contributed by atoms with Crippen LogP contribution in [0.2, 0.25) is 0 Å². The molecule has 0 bridgehead atoms. The van der Waals surface area contributed by atoms with Gasteiger partial charge >= 0.3 is 0 Å². The van der Waals surface area contributed by atoms with E-state index in [4.69, 9.17) is 11.0 Å². The summed E-state index contributed by atoms with van der Waals surface area (Å²) in [5, 5.41) is 16.4. The van der Waals surface area contributed by atoms with Crippen molar-refractivity contribution in [3.63, 3.8) is 0 Å². The minimum absolute atomic E-state index is 0.377. The highest BCUT2D eigenvalue weighted by molar-refractivity contribution is 5.13. The summed E-state index contributed by atoms with van der Waals surface area (Å²) in [7, 11) is 0. The fourth-order valence-corrected chi connectivity index (χ4v) is 2.22. The number of rotatable bonds is 2. The minimum Gasteiger partial charge on any atom is -0.330 e. The van der Waals surface area contributed by atoms with E-state index in [1.807, 2.05) is 10.8 Å². The molecule has 0 spiro atoms. The van der Waals surface area contributed by atoms with Gasteiger partial charge in [-0.2, -0.15) is 5.26 Å². The third-order valence-electron chi connectivity index (χ3n) is 3.09. The first-order valence-corrected chi connectivity index (χ1v) is 5.35. The molecular weight excluding hydrogens is 190 g/mol. The molecule has 0 radical (unpaired) electrons. The van der Waals surface area contributed by atoms with E-state index >= 15 is 0 Å². The van der Waals surface area contributed by atoms with Gasteiger partial charge in [0.2, 0.25) is 0 Å². The van der Waals surface area contributed by atoms with E-state index in [0.717, 1.165) is 19.4 Å². The SMILES string of the molecule is N#Cc1cn(C2CCCC(CN)C2)nn1. The second kappa shape index (κ2) is 4.41. The molecule has 1 heterocycles. The lowest BCUT2D eigenvalue weighted by Crippen LogP contribution is -2.24. The maximum Gasteiger partial charge on any atom is 0.182 e. The quantitative estimate of drug-likeness (QED) is 0.775. The Morgan fingerprint density at radius 1 is 1.60 bits per heavy atom. The Morgan fingerprint density at radius 3 is 3.13 bits per heavy atom. The van der Waals surface area contributed by atoms with Crippen molar-refractivity contribution in [3.05, 3.63) is 11.9 Å². The van der Waals surface area contributed by atoms with Crippen molar-refractivity contribution < 1.29 is 0 Å². The van der Waals surface area contributed by atoms with Gasteiger partial charge in [0.25, 0.3) is 0 Å². The second-order valence-corrected chi connectivity index (χ2v) is 4.12. The van der Waals surface area contributed by atoms with Crippen molar-refractivity contribution >= 4 is 0 Å². The Hall–Kier alpha value is -1.41. The molecule has 5 nitrogen and oxygen atoms in total. The number of aromatic nitrogens is 3. The van der Waals surface area contributed by atoms with Crippen LogP contribution >= 0.6 is 0 Å². The molecule has 0 saturated heterocycles. The zero-order valence-electron chi connectivity index (χ0n) is 8.63. The monoisotopic (exact) mass is 205 g/mol. The van der Waals surface area contributed by atoms with Gasteiger partial charge in [0.1, 0.15) is 6.07 Å². The van der Waals surface area contributed by atoms with Gasteiger partial charge in [-0.15, -0.1) is 5.10 Å². The second-order valence-electron chi connectivity index (χ2n) is 4.12. The van der Waals surface area contributed by atoms with Crippen LogP contribution in [-0.4, -0.2) is 21.5 Å². The summed E-state index contributed by atoms with van der Waals surface area (Å²) >= 11 is 0. The fraction of sp³-hybridized carbons (Fsp3) is 0.700. The number of hydrogen-bond donors (Lipinski definition) is 1. The van der Waals surface area contributed by atoms with Gasteiger partial charge in [-0.05, 0) is 31.7 Å². The first-order chi connectivity index (χ1) is 7.33. The zero-order chi connectivity index (χ0) is 10.7. The van der Waals surface area contributed by atoms with Crippen molar-refractivity contribution in [2.24, 2.45) is 11.7 Å². The average Bonchev–Trinajstić information content (AvgIpc) is 2.78. The van der Waals surface area contributed by atoms with Crippen molar-refractivity contribution in [1.29, 1.82) is 5.26 Å². The largest absolute Gasteiger partial charge is 0.330 e. The van der Waals surface area contributed by atoms with Crippen LogP contribution in [0.3, 0.4) is 0 Å². The smallest absolute Gasteiger partial charge is 0.182 e. The van der Waals surface area contributed by atoms with Gasteiger partial charge in [0, 0.05) is 0 Å². The van der Waals surface area contributed by atoms with E-state index in [2.05, 4.69) is 10.3 Å². The number of nitriles is 1. The summed E-state index contributed by atoms with van der Waals surface area (Å²) in [6, 6.07) is 2.37. The van der Waals surface area contributed by atoms with Crippen molar-refractivity contribution in [3.8, 4) is 6.07 Å². The summed E-state index contributed by atoms with van der Waals surface area (Å²) < 4.78 is 1.82. The fourth-order valence-electron chi connectivity index (χ4n) is 2.22. The van der Waals surface area contributed by atoms with Crippen LogP contribution in [-0.2, 0) is 0 Å².